The van der Waals surface area contributed by atoms with Gasteiger partial charge in [0.05, 0.1) is 6.10 Å². The third kappa shape index (κ3) is 1.23. The fourth-order valence-corrected chi connectivity index (χ4v) is 0.753. The van der Waals surface area contributed by atoms with Crippen molar-refractivity contribution in [3.05, 3.63) is 12.3 Å². The molecule has 2 heteroatoms. The molecule has 0 aliphatic carbocycles. The molecule has 0 fully saturated rings. The Hall–Kier alpha value is -0.500. The number of aliphatic hydroxyl groups excluding tert-OH is 1. The van der Waals surface area contributed by atoms with Crippen LogP contribution in [0.15, 0.2) is 12.3 Å². The first-order valence-electron chi connectivity index (χ1n) is 2.85. The normalized spacial score (nSPS) is 28.8. The first-order valence-corrected chi connectivity index (χ1v) is 2.85. The van der Waals surface area contributed by atoms with E-state index in [2.05, 4.69) is 4.90 Å². The third-order valence-electron chi connectivity index (χ3n) is 1.34. The molecule has 2 nitrogen and oxygen atoms in total. The SMILES string of the molecule is CN1C=CC(O)CC1. The predicted molar refractivity (Wildman–Crippen MR) is 32.4 cm³/mol. The standard InChI is InChI=1S/C6H11NO/c1-7-4-2-6(8)3-5-7/h2,4,6,8H,3,5H2,1H3. The molecular formula is C6H11NO. The molecule has 1 heterocycles. The summed E-state index contributed by atoms with van der Waals surface area (Å²) in [6, 6.07) is 0. The van der Waals surface area contributed by atoms with Gasteiger partial charge in [-0.1, -0.05) is 0 Å². The number of hydrogen-bond donors (Lipinski definition) is 1. The summed E-state index contributed by atoms with van der Waals surface area (Å²) in [7, 11) is 2.00. The monoisotopic (exact) mass is 113 g/mol. The lowest BCUT2D eigenvalue weighted by Crippen LogP contribution is -2.22. The molecule has 1 N–H and O–H groups in total. The highest BCUT2D eigenvalue weighted by molar-refractivity contribution is 4.92. The van der Waals surface area contributed by atoms with Crippen LogP contribution in [-0.2, 0) is 0 Å². The second-order valence-corrected chi connectivity index (χ2v) is 2.18. The molecule has 0 radical (unpaired) electrons. The molecule has 1 aliphatic rings. The van der Waals surface area contributed by atoms with E-state index in [0.717, 1.165) is 13.0 Å². The van der Waals surface area contributed by atoms with Gasteiger partial charge in [0.25, 0.3) is 0 Å². The Morgan fingerprint density at radius 1 is 1.75 bits per heavy atom. The van der Waals surface area contributed by atoms with Crippen LogP contribution in [0.4, 0.5) is 0 Å². The summed E-state index contributed by atoms with van der Waals surface area (Å²) in [5.41, 5.74) is 0. The maximum Gasteiger partial charge on any atom is 0.0754 e. The highest BCUT2D eigenvalue weighted by Gasteiger charge is 2.04. The molecule has 0 spiro atoms. The summed E-state index contributed by atoms with van der Waals surface area (Å²) in [5.74, 6) is 0. The topological polar surface area (TPSA) is 23.5 Å². The molecule has 0 saturated heterocycles. The molecule has 0 aromatic carbocycles. The van der Waals surface area contributed by atoms with E-state index in [9.17, 15) is 0 Å². The first-order chi connectivity index (χ1) is 3.79. The largest absolute Gasteiger partial charge is 0.389 e. The smallest absolute Gasteiger partial charge is 0.0754 e. The molecule has 1 aliphatic heterocycles. The molecule has 1 atom stereocenters. The highest BCUT2D eigenvalue weighted by Crippen LogP contribution is 2.02. The molecule has 0 saturated carbocycles. The Bertz CT molecular complexity index is 88.7. The van der Waals surface area contributed by atoms with E-state index < -0.39 is 0 Å². The van der Waals surface area contributed by atoms with Crippen molar-refractivity contribution < 1.29 is 5.11 Å². The van der Waals surface area contributed by atoms with Gasteiger partial charge >= 0.3 is 0 Å². The van der Waals surface area contributed by atoms with Crippen LogP contribution in [-0.4, -0.2) is 29.7 Å². The lowest BCUT2D eigenvalue weighted by Gasteiger charge is -2.20. The van der Waals surface area contributed by atoms with E-state index in [1.165, 1.54) is 0 Å². The zero-order valence-corrected chi connectivity index (χ0v) is 5.04. The Kier molecular flexibility index (Phi) is 1.53. The van der Waals surface area contributed by atoms with Crippen molar-refractivity contribution in [1.29, 1.82) is 0 Å². The molecule has 1 unspecified atom stereocenters. The van der Waals surface area contributed by atoms with Crippen LogP contribution in [0.2, 0.25) is 0 Å². The van der Waals surface area contributed by atoms with Crippen LogP contribution in [0.3, 0.4) is 0 Å². The van der Waals surface area contributed by atoms with Gasteiger partial charge in [0.15, 0.2) is 0 Å². The maximum atomic E-state index is 8.91. The van der Waals surface area contributed by atoms with Gasteiger partial charge in [-0.05, 0) is 18.7 Å². The van der Waals surface area contributed by atoms with Crippen LogP contribution < -0.4 is 0 Å². The van der Waals surface area contributed by atoms with Crippen molar-refractivity contribution >= 4 is 0 Å². The number of nitrogens with zero attached hydrogens (tertiary/aromatic N) is 1. The molecule has 0 bridgehead atoms. The van der Waals surface area contributed by atoms with Crippen molar-refractivity contribution in [3.63, 3.8) is 0 Å². The number of aliphatic hydroxyl groups is 1. The molecule has 0 amide bonds. The molecular weight excluding hydrogens is 102 g/mol. The maximum absolute atomic E-state index is 8.91. The van der Waals surface area contributed by atoms with Gasteiger partial charge in [0.1, 0.15) is 0 Å². The predicted octanol–water partition coefficient (Wildman–Crippen LogP) is 0.196. The van der Waals surface area contributed by atoms with Crippen molar-refractivity contribution in [3.8, 4) is 0 Å². The van der Waals surface area contributed by atoms with E-state index in [1.54, 1.807) is 0 Å². The van der Waals surface area contributed by atoms with Crippen molar-refractivity contribution in [1.82, 2.24) is 4.90 Å². The van der Waals surface area contributed by atoms with Crippen molar-refractivity contribution in [2.45, 2.75) is 12.5 Å². The molecule has 8 heavy (non-hydrogen) atoms. The van der Waals surface area contributed by atoms with Crippen LogP contribution in [0.5, 0.6) is 0 Å². The fourth-order valence-electron chi connectivity index (χ4n) is 0.753. The summed E-state index contributed by atoms with van der Waals surface area (Å²) in [5, 5.41) is 8.91. The van der Waals surface area contributed by atoms with Gasteiger partial charge < -0.3 is 10.0 Å². The van der Waals surface area contributed by atoms with E-state index in [-0.39, 0.29) is 6.10 Å². The average molecular weight is 113 g/mol. The number of rotatable bonds is 0. The molecule has 46 valence electrons. The summed E-state index contributed by atoms with van der Waals surface area (Å²) in [4.78, 5) is 2.06. The molecule has 0 aromatic heterocycles. The lowest BCUT2D eigenvalue weighted by atomic mass is 10.2. The molecule has 0 aromatic rings. The Labute approximate surface area is 49.4 Å². The van der Waals surface area contributed by atoms with E-state index in [4.69, 9.17) is 5.11 Å². The number of hydrogen-bond acceptors (Lipinski definition) is 2. The summed E-state index contributed by atoms with van der Waals surface area (Å²) >= 11 is 0. The second-order valence-electron chi connectivity index (χ2n) is 2.18. The lowest BCUT2D eigenvalue weighted by molar-refractivity contribution is 0.185. The summed E-state index contributed by atoms with van der Waals surface area (Å²) in [6.07, 6.45) is 4.39. The van der Waals surface area contributed by atoms with Gasteiger partial charge in [0.2, 0.25) is 0 Å². The van der Waals surface area contributed by atoms with Crippen LogP contribution in [0, 0.1) is 0 Å². The Morgan fingerprint density at radius 2 is 2.50 bits per heavy atom. The van der Waals surface area contributed by atoms with Crippen molar-refractivity contribution in [2.75, 3.05) is 13.6 Å². The van der Waals surface area contributed by atoms with Gasteiger partial charge in [-0.15, -0.1) is 0 Å². The van der Waals surface area contributed by atoms with Gasteiger partial charge in [-0.3, -0.25) is 0 Å². The van der Waals surface area contributed by atoms with Gasteiger partial charge in [0, 0.05) is 13.6 Å². The minimum absolute atomic E-state index is 0.203. The molecule has 1 rings (SSSR count). The van der Waals surface area contributed by atoms with E-state index in [1.807, 2.05) is 19.3 Å². The van der Waals surface area contributed by atoms with Crippen LogP contribution in [0.25, 0.3) is 0 Å². The van der Waals surface area contributed by atoms with Crippen LogP contribution in [0.1, 0.15) is 6.42 Å². The van der Waals surface area contributed by atoms with Gasteiger partial charge in [-0.25, -0.2) is 0 Å². The fraction of sp³-hybridized carbons (Fsp3) is 0.667. The highest BCUT2D eigenvalue weighted by atomic mass is 16.3. The zero-order valence-electron chi connectivity index (χ0n) is 5.04. The van der Waals surface area contributed by atoms with E-state index in [0.29, 0.717) is 0 Å². The van der Waals surface area contributed by atoms with E-state index >= 15 is 0 Å². The first kappa shape index (κ1) is 5.63. The van der Waals surface area contributed by atoms with Crippen molar-refractivity contribution in [2.24, 2.45) is 0 Å². The zero-order chi connectivity index (χ0) is 5.98. The summed E-state index contributed by atoms with van der Waals surface area (Å²) in [6.45, 7) is 0.970. The summed E-state index contributed by atoms with van der Waals surface area (Å²) < 4.78 is 0. The second kappa shape index (κ2) is 2.18. The Balaban J connectivity index is 2.42. The minimum atomic E-state index is -0.203. The average Bonchev–Trinajstić information content (AvgIpc) is 1.77. The van der Waals surface area contributed by atoms with Gasteiger partial charge in [-0.2, -0.15) is 0 Å². The Morgan fingerprint density at radius 3 is 2.88 bits per heavy atom. The minimum Gasteiger partial charge on any atom is -0.389 e. The quantitative estimate of drug-likeness (QED) is 0.485. The third-order valence-corrected chi connectivity index (χ3v) is 1.34. The van der Waals surface area contributed by atoms with Crippen LogP contribution >= 0.6 is 0 Å².